The Morgan fingerprint density at radius 3 is 2.63 bits per heavy atom. The molecule has 19 heavy (non-hydrogen) atoms. The molecule has 0 unspecified atom stereocenters. The highest BCUT2D eigenvalue weighted by Gasteiger charge is 2.05. The van der Waals surface area contributed by atoms with Crippen LogP contribution in [0, 0.1) is 5.82 Å². The fraction of sp³-hybridized carbons (Fsp3) is 0.143. The minimum atomic E-state index is -0.286. The molecule has 0 radical (unpaired) electrons. The predicted octanol–water partition coefficient (Wildman–Crippen LogP) is 4.97. The number of hydrogen-bond acceptors (Lipinski definition) is 2. The zero-order valence-corrected chi connectivity index (χ0v) is 13.4. The Balaban J connectivity index is 2.13. The molecule has 0 bridgehead atoms. The Morgan fingerprint density at radius 1 is 1.16 bits per heavy atom. The Labute approximate surface area is 128 Å². The lowest BCUT2D eigenvalue weighted by Crippen LogP contribution is -2.02. The van der Waals surface area contributed by atoms with E-state index in [1.54, 1.807) is 13.2 Å². The standard InChI is InChI=1S/C14H12Br2FNO/c1-19-14-5-2-10(15)6-9(14)8-18-11-3-4-12(16)13(17)7-11/h2-7,18H,8H2,1H3. The summed E-state index contributed by atoms with van der Waals surface area (Å²) in [5.74, 6) is 0.513. The average molecular weight is 389 g/mol. The highest BCUT2D eigenvalue weighted by atomic mass is 79.9. The van der Waals surface area contributed by atoms with Gasteiger partial charge in [0.1, 0.15) is 11.6 Å². The van der Waals surface area contributed by atoms with Crippen LogP contribution in [-0.2, 0) is 6.54 Å². The number of hydrogen-bond donors (Lipinski definition) is 1. The highest BCUT2D eigenvalue weighted by molar-refractivity contribution is 9.10. The van der Waals surface area contributed by atoms with Crippen molar-refractivity contribution in [1.29, 1.82) is 0 Å². The summed E-state index contributed by atoms with van der Waals surface area (Å²) in [5.41, 5.74) is 1.72. The molecule has 0 fully saturated rings. The molecule has 0 amide bonds. The summed E-state index contributed by atoms with van der Waals surface area (Å²) in [6.45, 7) is 0.559. The molecule has 1 N–H and O–H groups in total. The van der Waals surface area contributed by atoms with Gasteiger partial charge in [0.05, 0.1) is 11.6 Å². The lowest BCUT2D eigenvalue weighted by Gasteiger charge is -2.11. The van der Waals surface area contributed by atoms with Crippen LogP contribution in [0.4, 0.5) is 10.1 Å². The SMILES string of the molecule is COc1ccc(Br)cc1CNc1ccc(Br)c(F)c1. The fourth-order valence-electron chi connectivity index (χ4n) is 1.69. The largest absolute Gasteiger partial charge is 0.496 e. The molecule has 0 atom stereocenters. The molecular weight excluding hydrogens is 377 g/mol. The Hall–Kier alpha value is -1.07. The molecule has 0 aliphatic heterocycles. The number of rotatable bonds is 4. The van der Waals surface area contributed by atoms with Crippen LogP contribution in [0.2, 0.25) is 0 Å². The number of ether oxygens (including phenoxy) is 1. The molecule has 0 saturated carbocycles. The van der Waals surface area contributed by atoms with Crippen LogP contribution in [0.3, 0.4) is 0 Å². The summed E-state index contributed by atoms with van der Waals surface area (Å²) in [5, 5.41) is 3.17. The van der Waals surface area contributed by atoms with Crippen LogP contribution in [0.5, 0.6) is 5.75 Å². The van der Waals surface area contributed by atoms with E-state index >= 15 is 0 Å². The van der Waals surface area contributed by atoms with Crippen LogP contribution >= 0.6 is 31.9 Å². The molecule has 0 aliphatic carbocycles. The molecule has 0 heterocycles. The van der Waals surface area contributed by atoms with E-state index in [4.69, 9.17) is 4.74 Å². The second-order valence-corrected chi connectivity index (χ2v) is 5.71. The molecule has 0 spiro atoms. The third-order valence-electron chi connectivity index (χ3n) is 2.65. The van der Waals surface area contributed by atoms with Gasteiger partial charge in [-0.15, -0.1) is 0 Å². The lowest BCUT2D eigenvalue weighted by atomic mass is 10.2. The van der Waals surface area contributed by atoms with Crippen LogP contribution in [-0.4, -0.2) is 7.11 Å². The van der Waals surface area contributed by atoms with Gasteiger partial charge in [-0.1, -0.05) is 15.9 Å². The first-order valence-corrected chi connectivity index (χ1v) is 7.20. The smallest absolute Gasteiger partial charge is 0.139 e. The highest BCUT2D eigenvalue weighted by Crippen LogP contribution is 2.25. The minimum absolute atomic E-state index is 0.286. The first-order valence-electron chi connectivity index (χ1n) is 5.61. The third kappa shape index (κ3) is 3.70. The van der Waals surface area contributed by atoms with Crippen molar-refractivity contribution in [1.82, 2.24) is 0 Å². The minimum Gasteiger partial charge on any atom is -0.496 e. The van der Waals surface area contributed by atoms with Gasteiger partial charge >= 0.3 is 0 Å². The van der Waals surface area contributed by atoms with Crippen molar-refractivity contribution in [3.05, 3.63) is 56.7 Å². The van der Waals surface area contributed by atoms with Crippen molar-refractivity contribution in [2.24, 2.45) is 0 Å². The van der Waals surface area contributed by atoms with E-state index in [2.05, 4.69) is 37.2 Å². The topological polar surface area (TPSA) is 21.3 Å². The molecule has 2 aromatic rings. The lowest BCUT2D eigenvalue weighted by molar-refractivity contribution is 0.410. The molecule has 0 aromatic heterocycles. The third-order valence-corrected chi connectivity index (χ3v) is 3.78. The number of benzene rings is 2. The predicted molar refractivity (Wildman–Crippen MR) is 82.1 cm³/mol. The monoisotopic (exact) mass is 387 g/mol. The van der Waals surface area contributed by atoms with Crippen molar-refractivity contribution in [3.63, 3.8) is 0 Å². The van der Waals surface area contributed by atoms with E-state index in [1.165, 1.54) is 6.07 Å². The van der Waals surface area contributed by atoms with Crippen LogP contribution in [0.1, 0.15) is 5.56 Å². The molecular formula is C14H12Br2FNO. The molecule has 5 heteroatoms. The first kappa shape index (κ1) is 14.3. The maximum absolute atomic E-state index is 13.4. The summed E-state index contributed by atoms with van der Waals surface area (Å²) in [6, 6.07) is 10.7. The van der Waals surface area contributed by atoms with Gasteiger partial charge in [0, 0.05) is 22.3 Å². The second kappa shape index (κ2) is 6.39. The maximum atomic E-state index is 13.4. The van der Waals surface area contributed by atoms with Gasteiger partial charge < -0.3 is 10.1 Å². The van der Waals surface area contributed by atoms with E-state index in [0.717, 1.165) is 21.5 Å². The Kier molecular flexibility index (Phi) is 4.82. The van der Waals surface area contributed by atoms with Gasteiger partial charge in [-0.3, -0.25) is 0 Å². The zero-order valence-electron chi connectivity index (χ0n) is 10.2. The zero-order chi connectivity index (χ0) is 13.8. The Bertz CT molecular complexity index is 590. The fourth-order valence-corrected chi connectivity index (χ4v) is 2.34. The van der Waals surface area contributed by atoms with Crippen LogP contribution in [0.25, 0.3) is 0 Å². The van der Waals surface area contributed by atoms with Crippen molar-refractivity contribution in [2.45, 2.75) is 6.54 Å². The summed E-state index contributed by atoms with van der Waals surface area (Å²) < 4.78 is 20.1. The average Bonchev–Trinajstić information content (AvgIpc) is 2.40. The van der Waals surface area contributed by atoms with E-state index < -0.39 is 0 Å². The Morgan fingerprint density at radius 2 is 1.95 bits per heavy atom. The van der Waals surface area contributed by atoms with Gasteiger partial charge in [0.15, 0.2) is 0 Å². The summed E-state index contributed by atoms with van der Waals surface area (Å²) in [4.78, 5) is 0. The van der Waals surface area contributed by atoms with E-state index in [1.807, 2.05) is 24.3 Å². The normalized spacial score (nSPS) is 10.3. The second-order valence-electron chi connectivity index (χ2n) is 3.94. The van der Waals surface area contributed by atoms with Gasteiger partial charge in [-0.05, 0) is 52.3 Å². The number of anilines is 1. The molecule has 100 valence electrons. The van der Waals surface area contributed by atoms with E-state index in [0.29, 0.717) is 11.0 Å². The molecule has 2 rings (SSSR count). The summed E-state index contributed by atoms with van der Waals surface area (Å²) in [7, 11) is 1.63. The summed E-state index contributed by atoms with van der Waals surface area (Å²) in [6.07, 6.45) is 0. The number of nitrogens with one attached hydrogen (secondary N) is 1. The van der Waals surface area contributed by atoms with E-state index in [-0.39, 0.29) is 5.82 Å². The summed E-state index contributed by atoms with van der Waals surface area (Å²) >= 11 is 6.55. The molecule has 0 saturated heterocycles. The van der Waals surface area contributed by atoms with Crippen molar-refractivity contribution < 1.29 is 9.13 Å². The van der Waals surface area contributed by atoms with Gasteiger partial charge in [-0.25, -0.2) is 4.39 Å². The number of methoxy groups -OCH3 is 1. The van der Waals surface area contributed by atoms with Crippen LogP contribution in [0.15, 0.2) is 45.3 Å². The molecule has 0 aliphatic rings. The van der Waals surface area contributed by atoms with Crippen molar-refractivity contribution >= 4 is 37.5 Å². The van der Waals surface area contributed by atoms with Gasteiger partial charge in [0.25, 0.3) is 0 Å². The van der Waals surface area contributed by atoms with Crippen LogP contribution < -0.4 is 10.1 Å². The van der Waals surface area contributed by atoms with Gasteiger partial charge in [0.2, 0.25) is 0 Å². The quantitative estimate of drug-likeness (QED) is 0.798. The van der Waals surface area contributed by atoms with Gasteiger partial charge in [-0.2, -0.15) is 0 Å². The van der Waals surface area contributed by atoms with Crippen molar-refractivity contribution in [2.75, 3.05) is 12.4 Å². The number of halogens is 3. The molecule has 2 nitrogen and oxygen atoms in total. The van der Waals surface area contributed by atoms with E-state index in [9.17, 15) is 4.39 Å². The molecule has 2 aromatic carbocycles. The maximum Gasteiger partial charge on any atom is 0.139 e. The van der Waals surface area contributed by atoms with Crippen molar-refractivity contribution in [3.8, 4) is 5.75 Å². The first-order chi connectivity index (χ1) is 9.10.